The molecule has 1 heterocycles. The van der Waals surface area contributed by atoms with Crippen LogP contribution >= 0.6 is 0 Å². The predicted molar refractivity (Wildman–Crippen MR) is 54.4 cm³/mol. The number of hydrogen-bond donors (Lipinski definition) is 0. The average Bonchev–Trinajstić information content (AvgIpc) is 2.02. The molecule has 0 N–H and O–H groups in total. The van der Waals surface area contributed by atoms with E-state index in [0.29, 0.717) is 13.1 Å². The summed E-state index contributed by atoms with van der Waals surface area (Å²) in [4.78, 5) is 13.7. The number of nitrogens with zero attached hydrogens (tertiary/aromatic N) is 2. The van der Waals surface area contributed by atoms with E-state index in [-0.39, 0.29) is 17.2 Å². The standard InChI is InChI=1S/C11H18N2O/c1-4-5-11(2,3)10(14)13-7-9(6-12)8-13/h9H,4-5,7-8H2,1-3H3. The molecule has 0 aromatic heterocycles. The molecule has 1 rings (SSSR count). The van der Waals surface area contributed by atoms with Crippen LogP contribution in [0.4, 0.5) is 0 Å². The van der Waals surface area contributed by atoms with Gasteiger partial charge in [0.2, 0.25) is 5.91 Å². The zero-order chi connectivity index (χ0) is 10.8. The first-order valence-corrected chi connectivity index (χ1v) is 5.20. The van der Waals surface area contributed by atoms with Crippen LogP contribution in [-0.2, 0) is 4.79 Å². The van der Waals surface area contributed by atoms with Gasteiger partial charge >= 0.3 is 0 Å². The summed E-state index contributed by atoms with van der Waals surface area (Å²) in [5.74, 6) is 0.266. The molecule has 0 aromatic carbocycles. The smallest absolute Gasteiger partial charge is 0.228 e. The highest BCUT2D eigenvalue weighted by Crippen LogP contribution is 2.28. The molecule has 0 aromatic rings. The van der Waals surface area contributed by atoms with E-state index in [1.54, 1.807) is 4.90 Å². The second kappa shape index (κ2) is 4.00. The van der Waals surface area contributed by atoms with E-state index in [2.05, 4.69) is 13.0 Å². The fraction of sp³-hybridized carbons (Fsp3) is 0.818. The molecule has 1 saturated heterocycles. The minimum Gasteiger partial charge on any atom is -0.339 e. The molecule has 3 heteroatoms. The van der Waals surface area contributed by atoms with E-state index in [1.165, 1.54) is 0 Å². The van der Waals surface area contributed by atoms with Gasteiger partial charge in [0.05, 0.1) is 12.0 Å². The number of nitriles is 1. The first-order valence-electron chi connectivity index (χ1n) is 5.20. The first-order chi connectivity index (χ1) is 6.51. The Labute approximate surface area is 85.7 Å². The van der Waals surface area contributed by atoms with Gasteiger partial charge in [0, 0.05) is 18.5 Å². The molecule has 78 valence electrons. The molecular weight excluding hydrogens is 176 g/mol. The maximum atomic E-state index is 11.9. The van der Waals surface area contributed by atoms with Crippen LogP contribution in [0, 0.1) is 22.7 Å². The summed E-state index contributed by atoms with van der Waals surface area (Å²) < 4.78 is 0. The Morgan fingerprint density at radius 1 is 1.57 bits per heavy atom. The number of hydrogen-bond acceptors (Lipinski definition) is 2. The molecule has 0 bridgehead atoms. The molecule has 1 amide bonds. The highest BCUT2D eigenvalue weighted by atomic mass is 16.2. The van der Waals surface area contributed by atoms with E-state index in [9.17, 15) is 4.79 Å². The summed E-state index contributed by atoms with van der Waals surface area (Å²) in [5, 5.41) is 8.60. The van der Waals surface area contributed by atoms with Crippen molar-refractivity contribution in [1.82, 2.24) is 4.90 Å². The maximum absolute atomic E-state index is 11.9. The van der Waals surface area contributed by atoms with Crippen LogP contribution in [0.2, 0.25) is 0 Å². The Kier molecular flexibility index (Phi) is 3.15. The molecular formula is C11H18N2O. The summed E-state index contributed by atoms with van der Waals surface area (Å²) in [5.41, 5.74) is -0.255. The molecule has 1 aliphatic heterocycles. The minimum absolute atomic E-state index is 0.0661. The molecule has 1 aliphatic rings. The second-order valence-electron chi connectivity index (χ2n) is 4.67. The Bertz CT molecular complexity index is 259. The minimum atomic E-state index is -0.255. The third kappa shape index (κ3) is 2.06. The summed E-state index contributed by atoms with van der Waals surface area (Å²) in [6.07, 6.45) is 1.94. The van der Waals surface area contributed by atoms with Gasteiger partial charge in [-0.3, -0.25) is 4.79 Å². The third-order valence-corrected chi connectivity index (χ3v) is 2.81. The fourth-order valence-corrected chi connectivity index (χ4v) is 1.89. The van der Waals surface area contributed by atoms with E-state index in [4.69, 9.17) is 5.26 Å². The van der Waals surface area contributed by atoms with Crippen molar-refractivity contribution >= 4 is 5.91 Å². The quantitative estimate of drug-likeness (QED) is 0.687. The molecule has 0 atom stereocenters. The number of rotatable bonds is 3. The molecule has 0 spiro atoms. The van der Waals surface area contributed by atoms with Gasteiger partial charge in [0.15, 0.2) is 0 Å². The Balaban J connectivity index is 2.47. The SMILES string of the molecule is CCCC(C)(C)C(=O)N1CC(C#N)C1. The van der Waals surface area contributed by atoms with Gasteiger partial charge in [-0.1, -0.05) is 27.2 Å². The lowest BCUT2D eigenvalue weighted by Gasteiger charge is -2.40. The Morgan fingerprint density at radius 2 is 2.14 bits per heavy atom. The summed E-state index contributed by atoms with van der Waals surface area (Å²) >= 11 is 0. The van der Waals surface area contributed by atoms with Gasteiger partial charge < -0.3 is 4.90 Å². The highest BCUT2D eigenvalue weighted by Gasteiger charge is 2.37. The lowest BCUT2D eigenvalue weighted by Crippen LogP contribution is -2.53. The molecule has 0 saturated carbocycles. The van der Waals surface area contributed by atoms with Crippen LogP contribution in [0.25, 0.3) is 0 Å². The highest BCUT2D eigenvalue weighted by molar-refractivity contribution is 5.82. The summed E-state index contributed by atoms with van der Waals surface area (Å²) in [6.45, 7) is 7.31. The lowest BCUT2D eigenvalue weighted by atomic mass is 9.84. The van der Waals surface area contributed by atoms with Gasteiger partial charge in [-0.05, 0) is 6.42 Å². The van der Waals surface area contributed by atoms with Crippen LogP contribution < -0.4 is 0 Å². The maximum Gasteiger partial charge on any atom is 0.228 e. The molecule has 3 nitrogen and oxygen atoms in total. The van der Waals surface area contributed by atoms with Gasteiger partial charge in [0.1, 0.15) is 0 Å². The molecule has 0 aliphatic carbocycles. The third-order valence-electron chi connectivity index (χ3n) is 2.81. The Morgan fingerprint density at radius 3 is 2.57 bits per heavy atom. The van der Waals surface area contributed by atoms with Crippen LogP contribution in [0.1, 0.15) is 33.6 Å². The van der Waals surface area contributed by atoms with Crippen molar-refractivity contribution in [2.75, 3.05) is 13.1 Å². The average molecular weight is 194 g/mol. The monoisotopic (exact) mass is 194 g/mol. The van der Waals surface area contributed by atoms with E-state index in [1.807, 2.05) is 13.8 Å². The summed E-state index contributed by atoms with van der Waals surface area (Å²) in [6, 6.07) is 2.18. The van der Waals surface area contributed by atoms with Crippen molar-refractivity contribution in [3.8, 4) is 6.07 Å². The lowest BCUT2D eigenvalue weighted by molar-refractivity contribution is -0.146. The van der Waals surface area contributed by atoms with Crippen LogP contribution in [0.15, 0.2) is 0 Å². The Hall–Kier alpha value is -1.04. The van der Waals surface area contributed by atoms with E-state index >= 15 is 0 Å². The largest absolute Gasteiger partial charge is 0.339 e. The van der Waals surface area contributed by atoms with E-state index in [0.717, 1.165) is 12.8 Å². The molecule has 0 unspecified atom stereocenters. The van der Waals surface area contributed by atoms with Gasteiger partial charge in [-0.25, -0.2) is 0 Å². The second-order valence-corrected chi connectivity index (χ2v) is 4.67. The zero-order valence-corrected chi connectivity index (χ0v) is 9.21. The van der Waals surface area contributed by atoms with Crippen LogP contribution in [-0.4, -0.2) is 23.9 Å². The molecule has 0 radical (unpaired) electrons. The molecule has 14 heavy (non-hydrogen) atoms. The zero-order valence-electron chi connectivity index (χ0n) is 9.21. The van der Waals surface area contributed by atoms with Crippen LogP contribution in [0.3, 0.4) is 0 Å². The van der Waals surface area contributed by atoms with Gasteiger partial charge in [0.25, 0.3) is 0 Å². The molecule has 1 fully saturated rings. The number of carbonyl (C=O) groups excluding carboxylic acids is 1. The van der Waals surface area contributed by atoms with Crippen molar-refractivity contribution in [3.63, 3.8) is 0 Å². The fourth-order valence-electron chi connectivity index (χ4n) is 1.89. The van der Waals surface area contributed by atoms with Crippen molar-refractivity contribution < 1.29 is 4.79 Å². The number of likely N-dealkylation sites (tertiary alicyclic amines) is 1. The predicted octanol–water partition coefficient (Wildman–Crippen LogP) is 1.79. The van der Waals surface area contributed by atoms with Crippen molar-refractivity contribution in [2.45, 2.75) is 33.6 Å². The van der Waals surface area contributed by atoms with Crippen molar-refractivity contribution in [3.05, 3.63) is 0 Å². The van der Waals surface area contributed by atoms with Gasteiger partial charge in [-0.15, -0.1) is 0 Å². The number of amides is 1. The topological polar surface area (TPSA) is 44.1 Å². The normalized spacial score (nSPS) is 17.4. The van der Waals surface area contributed by atoms with E-state index < -0.39 is 0 Å². The first kappa shape index (κ1) is 11.0. The van der Waals surface area contributed by atoms with Gasteiger partial charge in [-0.2, -0.15) is 5.26 Å². The van der Waals surface area contributed by atoms with Crippen molar-refractivity contribution in [2.24, 2.45) is 11.3 Å². The van der Waals surface area contributed by atoms with Crippen molar-refractivity contribution in [1.29, 1.82) is 5.26 Å². The van der Waals surface area contributed by atoms with Crippen LogP contribution in [0.5, 0.6) is 0 Å². The summed E-state index contributed by atoms with van der Waals surface area (Å²) in [7, 11) is 0. The number of carbonyl (C=O) groups is 1.